The predicted octanol–water partition coefficient (Wildman–Crippen LogP) is 1.49. The first kappa shape index (κ1) is 10.1. The van der Waals surface area contributed by atoms with Crippen LogP contribution in [0.3, 0.4) is 0 Å². The minimum Gasteiger partial charge on any atom is -0.476 e. The lowest BCUT2D eigenvalue weighted by Gasteiger charge is -1.95. The molecule has 2 aromatic rings. The zero-order valence-electron chi connectivity index (χ0n) is 7.34. The predicted molar refractivity (Wildman–Crippen MR) is 51.5 cm³/mol. The van der Waals surface area contributed by atoms with Crippen molar-refractivity contribution in [3.8, 4) is 0 Å². The van der Waals surface area contributed by atoms with Gasteiger partial charge in [-0.1, -0.05) is 18.2 Å². The average molecular weight is 191 g/mol. The molecule has 0 aliphatic heterocycles. The van der Waals surface area contributed by atoms with E-state index >= 15 is 0 Å². The summed E-state index contributed by atoms with van der Waals surface area (Å²) in [7, 11) is 0. The molecule has 0 unspecified atom stereocenters. The SMILES string of the molecule is N.O=C(O)c1cc2ccccc2nn1. The summed E-state index contributed by atoms with van der Waals surface area (Å²) in [5.74, 6) is -1.06. The van der Waals surface area contributed by atoms with Crippen LogP contribution in [0.2, 0.25) is 0 Å². The molecule has 14 heavy (non-hydrogen) atoms. The van der Waals surface area contributed by atoms with Crippen molar-refractivity contribution < 1.29 is 9.90 Å². The Morgan fingerprint density at radius 3 is 2.64 bits per heavy atom. The lowest BCUT2D eigenvalue weighted by Crippen LogP contribution is -2.01. The molecule has 0 fully saturated rings. The highest BCUT2D eigenvalue weighted by Crippen LogP contribution is 2.10. The number of carboxylic acids is 1. The molecule has 5 heteroatoms. The maximum absolute atomic E-state index is 10.5. The number of carboxylic acid groups (broad SMARTS) is 1. The Morgan fingerprint density at radius 1 is 1.21 bits per heavy atom. The highest BCUT2D eigenvalue weighted by atomic mass is 16.4. The van der Waals surface area contributed by atoms with Crippen molar-refractivity contribution >= 4 is 16.9 Å². The maximum Gasteiger partial charge on any atom is 0.356 e. The van der Waals surface area contributed by atoms with Gasteiger partial charge in [0.1, 0.15) is 0 Å². The summed E-state index contributed by atoms with van der Waals surface area (Å²) >= 11 is 0. The smallest absolute Gasteiger partial charge is 0.356 e. The van der Waals surface area contributed by atoms with Gasteiger partial charge in [-0.2, -0.15) is 0 Å². The molecule has 0 aliphatic rings. The second-order valence-corrected chi connectivity index (χ2v) is 2.59. The Morgan fingerprint density at radius 2 is 1.93 bits per heavy atom. The monoisotopic (exact) mass is 191 g/mol. The minimum atomic E-state index is -1.06. The first-order valence-corrected chi connectivity index (χ1v) is 3.73. The fraction of sp³-hybridized carbons (Fsp3) is 0. The maximum atomic E-state index is 10.5. The molecule has 1 aromatic carbocycles. The number of benzene rings is 1. The van der Waals surface area contributed by atoms with Crippen LogP contribution in [-0.2, 0) is 0 Å². The van der Waals surface area contributed by atoms with Crippen LogP contribution in [0.25, 0.3) is 10.9 Å². The third-order valence-corrected chi connectivity index (χ3v) is 1.71. The Bertz CT molecular complexity index is 470. The third kappa shape index (κ3) is 1.67. The summed E-state index contributed by atoms with van der Waals surface area (Å²) in [5.41, 5.74) is 0.672. The van der Waals surface area contributed by atoms with Gasteiger partial charge in [-0.25, -0.2) is 4.79 Å². The Labute approximate surface area is 80.0 Å². The molecular formula is C9H9N3O2. The lowest BCUT2D eigenvalue weighted by atomic mass is 10.2. The van der Waals surface area contributed by atoms with E-state index in [1.807, 2.05) is 12.1 Å². The van der Waals surface area contributed by atoms with E-state index in [2.05, 4.69) is 10.2 Å². The first-order valence-electron chi connectivity index (χ1n) is 3.73. The third-order valence-electron chi connectivity index (χ3n) is 1.71. The van der Waals surface area contributed by atoms with Gasteiger partial charge in [0.25, 0.3) is 0 Å². The van der Waals surface area contributed by atoms with Gasteiger partial charge in [0.2, 0.25) is 0 Å². The summed E-state index contributed by atoms with van der Waals surface area (Å²) in [6.07, 6.45) is 0. The molecular weight excluding hydrogens is 182 g/mol. The summed E-state index contributed by atoms with van der Waals surface area (Å²) in [6, 6.07) is 8.75. The number of aromatic nitrogens is 2. The standard InChI is InChI=1S/C9H6N2O2.H3N/c12-9(13)8-5-6-3-1-2-4-7(6)10-11-8;/h1-5H,(H,12,13);1H3. The number of carbonyl (C=O) groups is 1. The van der Waals surface area contributed by atoms with Crippen molar-refractivity contribution in [3.63, 3.8) is 0 Å². The van der Waals surface area contributed by atoms with Crippen LogP contribution < -0.4 is 6.15 Å². The molecule has 0 spiro atoms. The summed E-state index contributed by atoms with van der Waals surface area (Å²) in [4.78, 5) is 10.5. The van der Waals surface area contributed by atoms with E-state index in [1.165, 1.54) is 6.07 Å². The Kier molecular flexibility index (Phi) is 2.73. The number of aromatic carboxylic acids is 1. The van der Waals surface area contributed by atoms with Crippen molar-refractivity contribution in [3.05, 3.63) is 36.0 Å². The first-order chi connectivity index (χ1) is 6.27. The van der Waals surface area contributed by atoms with E-state index in [-0.39, 0.29) is 11.8 Å². The van der Waals surface area contributed by atoms with Gasteiger partial charge in [-0.15, -0.1) is 10.2 Å². The van der Waals surface area contributed by atoms with E-state index in [1.54, 1.807) is 12.1 Å². The van der Waals surface area contributed by atoms with E-state index in [0.717, 1.165) is 5.39 Å². The second kappa shape index (κ2) is 3.80. The highest BCUT2D eigenvalue weighted by molar-refractivity contribution is 5.90. The van der Waals surface area contributed by atoms with Gasteiger partial charge < -0.3 is 11.3 Å². The topological polar surface area (TPSA) is 98.1 Å². The molecule has 0 saturated heterocycles. The molecule has 4 N–H and O–H groups in total. The molecule has 72 valence electrons. The molecule has 0 saturated carbocycles. The molecule has 0 atom stereocenters. The van der Waals surface area contributed by atoms with Crippen LogP contribution in [0.5, 0.6) is 0 Å². The van der Waals surface area contributed by atoms with Crippen LogP contribution in [0.1, 0.15) is 10.5 Å². The normalized spacial score (nSPS) is 9.43. The van der Waals surface area contributed by atoms with Crippen LogP contribution >= 0.6 is 0 Å². The van der Waals surface area contributed by atoms with Crippen LogP contribution in [0.4, 0.5) is 0 Å². The summed E-state index contributed by atoms with van der Waals surface area (Å²) < 4.78 is 0. The summed E-state index contributed by atoms with van der Waals surface area (Å²) in [6.45, 7) is 0. The van der Waals surface area contributed by atoms with E-state index in [9.17, 15) is 4.79 Å². The van der Waals surface area contributed by atoms with Crippen molar-refractivity contribution in [2.45, 2.75) is 0 Å². The van der Waals surface area contributed by atoms with Crippen molar-refractivity contribution in [1.82, 2.24) is 16.3 Å². The molecule has 1 aromatic heterocycles. The van der Waals surface area contributed by atoms with Crippen molar-refractivity contribution in [1.29, 1.82) is 0 Å². The molecule has 1 heterocycles. The molecule has 0 radical (unpaired) electrons. The number of hydrogen-bond acceptors (Lipinski definition) is 4. The van der Waals surface area contributed by atoms with Gasteiger partial charge in [-0.05, 0) is 12.1 Å². The zero-order valence-corrected chi connectivity index (χ0v) is 7.34. The lowest BCUT2D eigenvalue weighted by molar-refractivity contribution is 0.0689. The Hall–Kier alpha value is -2.01. The second-order valence-electron chi connectivity index (χ2n) is 2.59. The van der Waals surface area contributed by atoms with Gasteiger partial charge in [0.15, 0.2) is 5.69 Å². The molecule has 0 bridgehead atoms. The number of hydrogen-bond donors (Lipinski definition) is 2. The van der Waals surface area contributed by atoms with Gasteiger partial charge in [0, 0.05) is 5.39 Å². The van der Waals surface area contributed by atoms with Crippen LogP contribution in [-0.4, -0.2) is 21.3 Å². The molecule has 0 aliphatic carbocycles. The van der Waals surface area contributed by atoms with Gasteiger partial charge >= 0.3 is 5.97 Å². The Balaban J connectivity index is 0.000000980. The number of nitrogens with zero attached hydrogens (tertiary/aromatic N) is 2. The van der Waals surface area contributed by atoms with Gasteiger partial charge in [0.05, 0.1) is 5.52 Å². The van der Waals surface area contributed by atoms with Crippen molar-refractivity contribution in [2.75, 3.05) is 0 Å². The highest BCUT2D eigenvalue weighted by Gasteiger charge is 2.05. The average Bonchev–Trinajstić information content (AvgIpc) is 2.17. The fourth-order valence-corrected chi connectivity index (χ4v) is 1.09. The molecule has 5 nitrogen and oxygen atoms in total. The zero-order chi connectivity index (χ0) is 9.26. The van der Waals surface area contributed by atoms with Crippen LogP contribution in [0.15, 0.2) is 30.3 Å². The molecule has 2 rings (SSSR count). The van der Waals surface area contributed by atoms with Crippen LogP contribution in [0, 0.1) is 0 Å². The van der Waals surface area contributed by atoms with E-state index in [0.29, 0.717) is 5.52 Å². The number of fused-ring (bicyclic) bond motifs is 1. The minimum absolute atomic E-state index is 0. The fourth-order valence-electron chi connectivity index (χ4n) is 1.09. The van der Waals surface area contributed by atoms with E-state index in [4.69, 9.17) is 5.11 Å². The van der Waals surface area contributed by atoms with E-state index < -0.39 is 5.97 Å². The molecule has 0 amide bonds. The van der Waals surface area contributed by atoms with Crippen molar-refractivity contribution in [2.24, 2.45) is 0 Å². The van der Waals surface area contributed by atoms with Gasteiger partial charge in [-0.3, -0.25) is 0 Å². The number of rotatable bonds is 1. The largest absolute Gasteiger partial charge is 0.476 e. The summed E-state index contributed by atoms with van der Waals surface area (Å²) in [5, 5.41) is 16.8. The quantitative estimate of drug-likeness (QED) is 0.711.